The van der Waals surface area contributed by atoms with Gasteiger partial charge in [0.25, 0.3) is 0 Å². The smallest absolute Gasteiger partial charge is 0.326 e. The monoisotopic (exact) mass is 1030 g/mol. The fourth-order valence-corrected chi connectivity index (χ4v) is 10.5. The van der Waals surface area contributed by atoms with Crippen molar-refractivity contribution in [3.8, 4) is 5.82 Å². The van der Waals surface area contributed by atoms with Crippen LogP contribution in [0.5, 0.6) is 0 Å². The minimum Gasteiger partial charge on any atom is -0.480 e. The summed E-state index contributed by atoms with van der Waals surface area (Å²) in [5, 5.41) is 30.6. The first-order valence-corrected chi connectivity index (χ1v) is 25.5. The molecule has 8 amide bonds. The Kier molecular flexibility index (Phi) is 17.0. The van der Waals surface area contributed by atoms with Crippen LogP contribution in [-0.4, -0.2) is 145 Å². The molecule has 2 saturated heterocycles. The third-order valence-corrected chi connectivity index (χ3v) is 14.2. The number of aliphatic carboxylic acids is 1. The molecule has 2 fully saturated rings. The van der Waals surface area contributed by atoms with Gasteiger partial charge in [-0.3, -0.25) is 47.9 Å². The molecule has 400 valence electrons. The zero-order valence-corrected chi connectivity index (χ0v) is 42.7. The number of guanidine groups is 1. The van der Waals surface area contributed by atoms with Crippen LogP contribution in [0.15, 0.2) is 35.7 Å². The van der Waals surface area contributed by atoms with Gasteiger partial charge in [0.15, 0.2) is 5.96 Å². The van der Waals surface area contributed by atoms with Gasteiger partial charge in [0.1, 0.15) is 60.5 Å². The molecule has 13 N–H and O–H groups in total. The van der Waals surface area contributed by atoms with Crippen LogP contribution in [0.25, 0.3) is 16.7 Å². The summed E-state index contributed by atoms with van der Waals surface area (Å²) in [7, 11) is 0. The largest absolute Gasteiger partial charge is 0.480 e. The summed E-state index contributed by atoms with van der Waals surface area (Å²) in [6.45, 7) is 11.2. The second kappa shape index (κ2) is 23.1. The van der Waals surface area contributed by atoms with E-state index < -0.39 is 107 Å². The van der Waals surface area contributed by atoms with E-state index in [0.717, 1.165) is 0 Å². The highest BCUT2D eigenvalue weighted by Gasteiger charge is 2.43. The summed E-state index contributed by atoms with van der Waals surface area (Å²) in [6.07, 6.45) is 3.94. The molecule has 24 nitrogen and oxygen atoms in total. The first kappa shape index (κ1) is 54.2. The van der Waals surface area contributed by atoms with Crippen LogP contribution in [0.2, 0.25) is 0 Å². The lowest BCUT2D eigenvalue weighted by atomic mass is 9.81. The number of aromatic amines is 1. The molecule has 9 atom stereocenters. The van der Waals surface area contributed by atoms with Gasteiger partial charge in [-0.25, -0.2) is 9.78 Å². The number of rotatable bonds is 11. The number of hydrogen-bond acceptors (Lipinski definition) is 11. The summed E-state index contributed by atoms with van der Waals surface area (Å²) in [4.78, 5) is 140. The van der Waals surface area contributed by atoms with Crippen LogP contribution in [0.3, 0.4) is 0 Å². The topological polar surface area (TPSA) is 359 Å². The fourth-order valence-electron chi connectivity index (χ4n) is 10.5. The number of aliphatic imine (C=N–C) groups is 1. The maximum atomic E-state index is 15.3. The number of carbonyl (C=O) groups excluding carboxylic acids is 8. The molecule has 3 aromatic rings. The average Bonchev–Trinajstić information content (AvgIpc) is 4.17. The summed E-state index contributed by atoms with van der Waals surface area (Å²) < 4.78 is 1.61. The minimum atomic E-state index is -1.49. The van der Waals surface area contributed by atoms with E-state index >= 15 is 4.79 Å². The summed E-state index contributed by atoms with van der Waals surface area (Å²) in [5.41, 5.74) is 12.9. The number of nitrogens with two attached hydrogens (primary N) is 2. The first-order chi connectivity index (χ1) is 35.1. The van der Waals surface area contributed by atoms with Crippen LogP contribution in [0.1, 0.15) is 109 Å². The molecule has 8 rings (SSSR count). The molecule has 5 aliphatic heterocycles. The van der Waals surface area contributed by atoms with Gasteiger partial charge in [0.05, 0.1) is 5.69 Å². The van der Waals surface area contributed by atoms with E-state index in [2.05, 4.69) is 52.2 Å². The summed E-state index contributed by atoms with van der Waals surface area (Å²) in [6, 6.07) is -4.35. The number of benzene rings is 1. The fraction of sp³-hybridized carbons (Fsp3) is 0.580. The molecule has 74 heavy (non-hydrogen) atoms. The van der Waals surface area contributed by atoms with Gasteiger partial charge in [-0.15, -0.1) is 0 Å². The van der Waals surface area contributed by atoms with E-state index in [-0.39, 0.29) is 93.9 Å². The van der Waals surface area contributed by atoms with Crippen molar-refractivity contribution in [1.29, 1.82) is 0 Å². The van der Waals surface area contributed by atoms with Gasteiger partial charge in [-0.1, -0.05) is 53.7 Å². The van der Waals surface area contributed by atoms with Crippen molar-refractivity contribution in [2.75, 3.05) is 13.1 Å². The minimum absolute atomic E-state index is 0.00936. The van der Waals surface area contributed by atoms with Crippen molar-refractivity contribution in [1.82, 2.24) is 56.7 Å². The van der Waals surface area contributed by atoms with Crippen molar-refractivity contribution in [3.63, 3.8) is 0 Å². The number of hydrogen-bond donors (Lipinski definition) is 11. The Balaban J connectivity index is 1.41. The van der Waals surface area contributed by atoms with E-state index in [1.807, 2.05) is 45.9 Å². The Bertz CT molecular complexity index is 2690. The molecule has 7 heterocycles. The number of aromatic nitrogens is 3. The molecular weight excluding hydrogens is 957 g/mol. The van der Waals surface area contributed by atoms with Gasteiger partial charge in [-0.2, -0.15) is 0 Å². The van der Waals surface area contributed by atoms with Crippen LogP contribution >= 0.6 is 0 Å². The quantitative estimate of drug-likeness (QED) is 0.0487. The lowest BCUT2D eigenvalue weighted by Crippen LogP contribution is -2.61. The standard InChI is InChI=1S/C50H70N14O10/c1-23(2)17-33-44(68)61-39(25(5)6)46(70)59-34-20-29-28-12-11-26(38(24(3)4)40(47(71)58-33)62-43(67)31-13-14-37(65)55-31)18-32(28)56-41(29)63-21-27(54-22-63)19-35(49(73)74)60-42(66)30(9-7-15-53-50(51)52)57-45(69)36-10-8-16-64(36)48(34)72/h11-12,18,21-25,30-31,33-36,38-40,56H,7-10,13-17,19-20H2,1-6H3,(H,55,65)(H,57,69)(H,58,71)(H,59,70)(H,60,66)(H,61,68)(H,62,67)(H,73,74)(H4,51,52,53)/t30-,31+,33+,34+,35+,36+,38-,39+,40+/m1/s1. The van der Waals surface area contributed by atoms with Gasteiger partial charge < -0.3 is 63.7 Å². The lowest BCUT2D eigenvalue weighted by Gasteiger charge is -2.33. The summed E-state index contributed by atoms with van der Waals surface area (Å²) >= 11 is 0. The predicted octanol–water partition coefficient (Wildman–Crippen LogP) is -0.776. The molecule has 0 saturated carbocycles. The second-order valence-electron chi connectivity index (χ2n) is 20.9. The van der Waals surface area contributed by atoms with E-state index in [0.29, 0.717) is 34.3 Å². The zero-order valence-electron chi connectivity index (χ0n) is 42.7. The van der Waals surface area contributed by atoms with E-state index in [1.165, 1.54) is 11.2 Å². The Morgan fingerprint density at radius 2 is 1.57 bits per heavy atom. The predicted molar refractivity (Wildman–Crippen MR) is 270 cm³/mol. The maximum Gasteiger partial charge on any atom is 0.326 e. The second-order valence-corrected chi connectivity index (χ2v) is 20.9. The Morgan fingerprint density at radius 1 is 0.838 bits per heavy atom. The van der Waals surface area contributed by atoms with Crippen LogP contribution < -0.4 is 48.7 Å². The molecule has 1 aromatic carbocycles. The van der Waals surface area contributed by atoms with E-state index in [4.69, 9.17) is 11.5 Å². The van der Waals surface area contributed by atoms with Crippen molar-refractivity contribution < 1.29 is 48.3 Å². The van der Waals surface area contributed by atoms with Gasteiger partial charge >= 0.3 is 5.97 Å². The third-order valence-electron chi connectivity index (χ3n) is 14.2. The van der Waals surface area contributed by atoms with Crippen molar-refractivity contribution in [2.24, 2.45) is 34.2 Å². The zero-order chi connectivity index (χ0) is 53.7. The highest BCUT2D eigenvalue weighted by atomic mass is 16.4. The number of nitrogens with zero attached hydrogens (tertiary/aromatic N) is 4. The van der Waals surface area contributed by atoms with Crippen molar-refractivity contribution in [3.05, 3.63) is 47.5 Å². The molecule has 0 spiro atoms. The third kappa shape index (κ3) is 12.4. The Hall–Kier alpha value is -7.53. The van der Waals surface area contributed by atoms with Crippen molar-refractivity contribution in [2.45, 2.75) is 154 Å². The summed E-state index contributed by atoms with van der Waals surface area (Å²) in [5.74, 6) is -7.88. The normalized spacial score (nSPS) is 26.3. The van der Waals surface area contributed by atoms with Gasteiger partial charge in [-0.05, 0) is 67.9 Å². The number of imidazole rings is 1. The van der Waals surface area contributed by atoms with Gasteiger partial charge in [0.2, 0.25) is 47.3 Å². The molecule has 24 heteroatoms. The number of carboxylic acid groups (broad SMARTS) is 1. The molecule has 7 bridgehead atoms. The van der Waals surface area contributed by atoms with E-state index in [1.54, 1.807) is 24.6 Å². The molecule has 0 aliphatic carbocycles. The van der Waals surface area contributed by atoms with Gasteiger partial charge in [0, 0.05) is 60.9 Å². The number of fused-ring (bicyclic) bond motifs is 14. The number of H-pyrrole nitrogens is 1. The Morgan fingerprint density at radius 3 is 2.23 bits per heavy atom. The molecule has 0 unspecified atom stereocenters. The van der Waals surface area contributed by atoms with Crippen LogP contribution in [0.4, 0.5) is 0 Å². The van der Waals surface area contributed by atoms with Crippen molar-refractivity contribution >= 4 is 70.1 Å². The highest BCUT2D eigenvalue weighted by Crippen LogP contribution is 2.35. The average molecular weight is 1030 g/mol. The SMILES string of the molecule is CC(C)C[C@@H]1NC(=O)[C@@H](NC(=O)[C@@H]2CCC(=O)N2)[C@H](C(C)C)c2ccc3c4c([nH]c3c2)-n2cnc(c2)C[C@@H](C(=O)O)NC(=O)[C@@H](CCCN=C(N)N)NC(=O)[C@@H]2CCCN2C(=O)[C@H](C4)NC(=O)[C@H](C(C)C)NC1=O. The highest BCUT2D eigenvalue weighted by molar-refractivity contribution is 6.00. The van der Waals surface area contributed by atoms with Crippen LogP contribution in [-0.2, 0) is 56.0 Å². The molecule has 0 radical (unpaired) electrons. The Labute approximate surface area is 428 Å². The number of carboxylic acids is 1. The first-order valence-electron chi connectivity index (χ1n) is 25.5. The number of nitrogens with one attached hydrogen (secondary N) is 8. The number of carbonyl (C=O) groups is 9. The molecular formula is C50H70N14O10. The molecule has 2 aromatic heterocycles. The lowest BCUT2D eigenvalue weighted by molar-refractivity contribution is -0.143. The van der Waals surface area contributed by atoms with Crippen LogP contribution in [0, 0.1) is 17.8 Å². The molecule has 5 aliphatic rings. The van der Waals surface area contributed by atoms with E-state index in [9.17, 15) is 43.5 Å². The maximum absolute atomic E-state index is 15.3. The number of amides is 8.